The van der Waals surface area contributed by atoms with Gasteiger partial charge in [0.15, 0.2) is 0 Å². The number of ketones is 1. The van der Waals surface area contributed by atoms with E-state index >= 15 is 0 Å². The van der Waals surface area contributed by atoms with E-state index in [1.54, 1.807) is 45.2 Å². The fourth-order valence-corrected chi connectivity index (χ4v) is 4.95. The first-order chi connectivity index (χ1) is 18.0. The van der Waals surface area contributed by atoms with E-state index in [1.807, 2.05) is 31.3 Å². The Hall–Kier alpha value is -4.18. The maximum absolute atomic E-state index is 13.2. The summed E-state index contributed by atoms with van der Waals surface area (Å²) in [6, 6.07) is 14.4. The van der Waals surface area contributed by atoms with Gasteiger partial charge in [0.2, 0.25) is 0 Å². The van der Waals surface area contributed by atoms with E-state index in [0.29, 0.717) is 74.5 Å². The Labute approximate surface area is 214 Å². The number of piperazine rings is 1. The number of likely N-dealkylation sites (N-methyl/N-ethyl adjacent to an activating group) is 1. The molecule has 10 heteroatoms. The first-order valence-electron chi connectivity index (χ1n) is 12.5. The Morgan fingerprint density at radius 3 is 2.35 bits per heavy atom. The van der Waals surface area contributed by atoms with Crippen LogP contribution in [0.2, 0.25) is 0 Å². The molecule has 1 aromatic heterocycles. The maximum atomic E-state index is 13.2. The van der Waals surface area contributed by atoms with Crippen LogP contribution in [0.4, 0.5) is 10.5 Å². The average Bonchev–Trinajstić information content (AvgIpc) is 3.54. The molecule has 3 aromatic rings. The summed E-state index contributed by atoms with van der Waals surface area (Å²) in [5, 5.41) is 3.66. The molecule has 3 heterocycles. The number of anilines is 1. The number of Topliss-reactive ketones (excluding diaryl/α,β-unsaturated/α-hetero) is 1. The molecule has 4 amide bonds. The van der Waals surface area contributed by atoms with Crippen molar-refractivity contribution in [1.29, 1.82) is 0 Å². The second-order valence-electron chi connectivity index (χ2n) is 9.21. The molecule has 5 rings (SSSR count). The lowest BCUT2D eigenvalue weighted by atomic mass is 10.1. The van der Waals surface area contributed by atoms with Crippen LogP contribution in [0.5, 0.6) is 0 Å². The summed E-state index contributed by atoms with van der Waals surface area (Å²) >= 11 is 0. The molecule has 10 nitrogen and oxygen atoms in total. The van der Waals surface area contributed by atoms with Gasteiger partial charge in [0.25, 0.3) is 17.6 Å². The normalized spacial score (nSPS) is 16.1. The van der Waals surface area contributed by atoms with E-state index < -0.39 is 11.7 Å². The van der Waals surface area contributed by atoms with Gasteiger partial charge < -0.3 is 25.0 Å². The molecule has 0 saturated carbocycles. The van der Waals surface area contributed by atoms with E-state index in [0.717, 1.165) is 0 Å². The second-order valence-corrected chi connectivity index (χ2v) is 9.21. The molecule has 2 aromatic carbocycles. The molecule has 2 fully saturated rings. The van der Waals surface area contributed by atoms with Gasteiger partial charge in [0, 0.05) is 69.5 Å². The number of urea groups is 1. The zero-order valence-electron chi connectivity index (χ0n) is 20.8. The van der Waals surface area contributed by atoms with Crippen molar-refractivity contribution >= 4 is 40.2 Å². The van der Waals surface area contributed by atoms with Crippen molar-refractivity contribution in [2.75, 3.05) is 64.3 Å². The third-order valence-corrected chi connectivity index (χ3v) is 7.02. The SMILES string of the molecule is CNCCN1CCN(c2cccc3c(C(=O)C(=O)N4CCN(C(=O)c5ccccc5)CC4)c[nH]c23)C1=O. The molecule has 2 saturated heterocycles. The lowest BCUT2D eigenvalue weighted by Crippen LogP contribution is -2.52. The summed E-state index contributed by atoms with van der Waals surface area (Å²) in [7, 11) is 1.85. The van der Waals surface area contributed by atoms with Gasteiger partial charge in [-0.3, -0.25) is 19.3 Å². The third-order valence-electron chi connectivity index (χ3n) is 7.02. The largest absolute Gasteiger partial charge is 0.359 e. The number of hydrogen-bond donors (Lipinski definition) is 2. The number of hydrogen-bond acceptors (Lipinski definition) is 5. The minimum Gasteiger partial charge on any atom is -0.359 e. The summed E-state index contributed by atoms with van der Waals surface area (Å²) < 4.78 is 0. The van der Waals surface area contributed by atoms with Crippen LogP contribution >= 0.6 is 0 Å². The molecular formula is C27H30N6O4. The van der Waals surface area contributed by atoms with Crippen LogP contribution in [-0.2, 0) is 4.79 Å². The monoisotopic (exact) mass is 502 g/mol. The van der Waals surface area contributed by atoms with Gasteiger partial charge in [-0.05, 0) is 25.2 Å². The molecule has 0 unspecified atom stereocenters. The van der Waals surface area contributed by atoms with Crippen LogP contribution in [0.25, 0.3) is 10.9 Å². The van der Waals surface area contributed by atoms with Crippen molar-refractivity contribution in [1.82, 2.24) is 25.0 Å². The summed E-state index contributed by atoms with van der Waals surface area (Å²) in [4.78, 5) is 61.8. The van der Waals surface area contributed by atoms with Crippen LogP contribution in [-0.4, -0.2) is 103 Å². The fraction of sp³-hybridized carbons (Fsp3) is 0.333. The van der Waals surface area contributed by atoms with Crippen molar-refractivity contribution in [2.24, 2.45) is 0 Å². The van der Waals surface area contributed by atoms with E-state index in [1.165, 1.54) is 4.90 Å². The zero-order chi connectivity index (χ0) is 25.9. The molecule has 0 bridgehead atoms. The number of nitrogens with zero attached hydrogens (tertiary/aromatic N) is 4. The van der Waals surface area contributed by atoms with E-state index in [-0.39, 0.29) is 17.5 Å². The Bertz CT molecular complexity index is 1330. The lowest BCUT2D eigenvalue weighted by Gasteiger charge is -2.34. The van der Waals surface area contributed by atoms with Gasteiger partial charge in [-0.15, -0.1) is 0 Å². The molecule has 37 heavy (non-hydrogen) atoms. The van der Waals surface area contributed by atoms with Crippen molar-refractivity contribution in [2.45, 2.75) is 0 Å². The van der Waals surface area contributed by atoms with Gasteiger partial charge in [-0.1, -0.05) is 30.3 Å². The first kappa shape index (κ1) is 24.5. The number of nitrogens with one attached hydrogen (secondary N) is 2. The highest BCUT2D eigenvalue weighted by atomic mass is 16.2. The number of amides is 4. The zero-order valence-corrected chi connectivity index (χ0v) is 20.8. The van der Waals surface area contributed by atoms with Crippen LogP contribution in [0, 0.1) is 0 Å². The number of para-hydroxylation sites is 1. The summed E-state index contributed by atoms with van der Waals surface area (Å²) in [5.41, 5.74) is 2.23. The first-order valence-corrected chi connectivity index (χ1v) is 12.5. The average molecular weight is 503 g/mol. The summed E-state index contributed by atoms with van der Waals surface area (Å²) in [5.74, 6) is -1.27. The Morgan fingerprint density at radius 1 is 0.892 bits per heavy atom. The van der Waals surface area contributed by atoms with Gasteiger partial charge in [-0.2, -0.15) is 0 Å². The van der Waals surface area contributed by atoms with Gasteiger partial charge in [-0.25, -0.2) is 4.79 Å². The van der Waals surface area contributed by atoms with Gasteiger partial charge >= 0.3 is 6.03 Å². The van der Waals surface area contributed by atoms with Gasteiger partial charge in [0.1, 0.15) is 0 Å². The standard InChI is InChI=1S/C27H30N6O4/c1-28-10-11-32-16-17-33(27(32)37)22-9-5-8-20-21(18-29-23(20)22)24(34)26(36)31-14-12-30(13-15-31)25(35)19-6-3-2-4-7-19/h2-9,18,28-29H,10-17H2,1H3. The Kier molecular flexibility index (Phi) is 6.91. The quantitative estimate of drug-likeness (QED) is 0.378. The fourth-order valence-electron chi connectivity index (χ4n) is 4.95. The van der Waals surface area contributed by atoms with Gasteiger partial charge in [0.05, 0.1) is 16.8 Å². The number of carbonyl (C=O) groups excluding carboxylic acids is 4. The van der Waals surface area contributed by atoms with Crippen molar-refractivity contribution in [3.8, 4) is 0 Å². The molecule has 0 aliphatic carbocycles. The number of carbonyl (C=O) groups is 4. The maximum Gasteiger partial charge on any atom is 0.324 e. The minimum absolute atomic E-state index is 0.0794. The Morgan fingerprint density at radius 2 is 1.62 bits per heavy atom. The van der Waals surface area contributed by atoms with Crippen LogP contribution < -0.4 is 10.2 Å². The van der Waals surface area contributed by atoms with Crippen LogP contribution in [0.1, 0.15) is 20.7 Å². The number of aromatic amines is 1. The number of fused-ring (bicyclic) bond motifs is 1. The molecule has 192 valence electrons. The number of H-pyrrole nitrogens is 1. The predicted molar refractivity (Wildman–Crippen MR) is 140 cm³/mol. The molecule has 2 N–H and O–H groups in total. The Balaban J connectivity index is 1.28. The van der Waals surface area contributed by atoms with E-state index in [4.69, 9.17) is 0 Å². The van der Waals surface area contributed by atoms with E-state index in [9.17, 15) is 19.2 Å². The molecule has 0 atom stereocenters. The van der Waals surface area contributed by atoms with Crippen molar-refractivity contribution in [3.63, 3.8) is 0 Å². The molecular weight excluding hydrogens is 472 g/mol. The van der Waals surface area contributed by atoms with Crippen molar-refractivity contribution < 1.29 is 19.2 Å². The second kappa shape index (κ2) is 10.4. The van der Waals surface area contributed by atoms with Crippen LogP contribution in [0.3, 0.4) is 0 Å². The lowest BCUT2D eigenvalue weighted by molar-refractivity contribution is -0.127. The summed E-state index contributed by atoms with van der Waals surface area (Å²) in [6.07, 6.45) is 1.54. The smallest absolute Gasteiger partial charge is 0.324 e. The number of benzene rings is 2. The highest BCUT2D eigenvalue weighted by Gasteiger charge is 2.33. The summed E-state index contributed by atoms with van der Waals surface area (Å²) in [6.45, 7) is 3.83. The minimum atomic E-state index is -0.602. The topological polar surface area (TPSA) is 109 Å². The predicted octanol–water partition coefficient (Wildman–Crippen LogP) is 1.80. The van der Waals surface area contributed by atoms with Crippen LogP contribution in [0.15, 0.2) is 54.7 Å². The third kappa shape index (κ3) is 4.67. The highest BCUT2D eigenvalue weighted by Crippen LogP contribution is 2.31. The number of aromatic nitrogens is 1. The molecule has 0 spiro atoms. The van der Waals surface area contributed by atoms with Crippen molar-refractivity contribution in [3.05, 3.63) is 65.9 Å². The number of rotatable bonds is 7. The van der Waals surface area contributed by atoms with E-state index in [2.05, 4.69) is 10.3 Å². The highest BCUT2D eigenvalue weighted by molar-refractivity contribution is 6.45. The molecule has 2 aliphatic rings. The molecule has 0 radical (unpaired) electrons. The molecule has 2 aliphatic heterocycles.